The smallest absolute Gasteiger partial charge is 0.230 e. The zero-order valence-electron chi connectivity index (χ0n) is 11.0. The van der Waals surface area contributed by atoms with Gasteiger partial charge in [0, 0.05) is 11.7 Å². The first-order chi connectivity index (χ1) is 8.37. The van der Waals surface area contributed by atoms with Gasteiger partial charge in [-0.3, -0.25) is 4.79 Å². The highest BCUT2D eigenvalue weighted by molar-refractivity contribution is 5.87. The number of nitrogens with two attached hydrogens (primary N) is 1. The minimum Gasteiger partial charge on any atom is -0.399 e. The number of nitrogens with zero attached hydrogens (tertiary/aromatic N) is 1. The van der Waals surface area contributed by atoms with Crippen LogP contribution < -0.4 is 11.1 Å². The zero-order valence-corrected chi connectivity index (χ0v) is 11.0. The molecule has 0 fully saturated rings. The van der Waals surface area contributed by atoms with E-state index in [1.165, 1.54) is 0 Å². The Morgan fingerprint density at radius 2 is 2.00 bits per heavy atom. The van der Waals surface area contributed by atoms with Gasteiger partial charge in [-0.2, -0.15) is 5.26 Å². The number of rotatable bonds is 4. The maximum atomic E-state index is 12.2. The lowest BCUT2D eigenvalue weighted by Gasteiger charge is -2.26. The normalized spacial score (nSPS) is 12.6. The van der Waals surface area contributed by atoms with E-state index in [9.17, 15) is 4.79 Å². The largest absolute Gasteiger partial charge is 0.399 e. The summed E-state index contributed by atoms with van der Waals surface area (Å²) in [5.74, 6) is -0.0879. The lowest BCUT2D eigenvalue weighted by Crippen LogP contribution is -2.44. The van der Waals surface area contributed by atoms with Gasteiger partial charge in [-0.05, 0) is 38.5 Å². The number of amides is 1. The monoisotopic (exact) mass is 245 g/mol. The first kappa shape index (κ1) is 14.0. The fraction of sp³-hybridized carbons (Fsp3) is 0.429. The van der Waals surface area contributed by atoms with Crippen LogP contribution in [0.25, 0.3) is 0 Å². The predicted octanol–water partition coefficient (Wildman–Crippen LogP) is 1.96. The van der Waals surface area contributed by atoms with Gasteiger partial charge in [-0.15, -0.1) is 0 Å². The number of benzene rings is 1. The summed E-state index contributed by atoms with van der Waals surface area (Å²) in [6, 6.07) is 9.16. The maximum Gasteiger partial charge on any atom is 0.230 e. The van der Waals surface area contributed by atoms with Crippen molar-refractivity contribution < 1.29 is 4.79 Å². The van der Waals surface area contributed by atoms with Gasteiger partial charge in [0.15, 0.2) is 0 Å². The van der Waals surface area contributed by atoms with Gasteiger partial charge in [0.2, 0.25) is 5.91 Å². The van der Waals surface area contributed by atoms with Gasteiger partial charge in [0.1, 0.15) is 0 Å². The summed E-state index contributed by atoms with van der Waals surface area (Å²) in [7, 11) is 0. The van der Waals surface area contributed by atoms with Crippen molar-refractivity contribution in [3.8, 4) is 6.07 Å². The standard InChI is InChI=1S/C14H19N3O/c1-10(8-9-15)17-13(18)14(2,3)11-4-6-12(16)7-5-11/h4-7,10H,8,16H2,1-3H3,(H,17,18). The Kier molecular flexibility index (Phi) is 4.33. The van der Waals surface area contributed by atoms with Gasteiger partial charge in [-0.25, -0.2) is 0 Å². The van der Waals surface area contributed by atoms with Crippen LogP contribution in [0.4, 0.5) is 5.69 Å². The van der Waals surface area contributed by atoms with E-state index in [0.717, 1.165) is 5.56 Å². The van der Waals surface area contributed by atoms with E-state index in [0.29, 0.717) is 12.1 Å². The van der Waals surface area contributed by atoms with Crippen molar-refractivity contribution in [3.05, 3.63) is 29.8 Å². The maximum absolute atomic E-state index is 12.2. The number of anilines is 1. The second-order valence-electron chi connectivity index (χ2n) is 4.98. The molecular weight excluding hydrogens is 226 g/mol. The SMILES string of the molecule is CC(CC#N)NC(=O)C(C)(C)c1ccc(N)cc1. The van der Waals surface area contributed by atoms with Crippen LogP contribution in [0, 0.1) is 11.3 Å². The predicted molar refractivity (Wildman–Crippen MR) is 71.7 cm³/mol. The quantitative estimate of drug-likeness (QED) is 0.796. The molecule has 1 atom stereocenters. The van der Waals surface area contributed by atoms with Crippen LogP contribution in [0.5, 0.6) is 0 Å². The van der Waals surface area contributed by atoms with Crippen LogP contribution >= 0.6 is 0 Å². The van der Waals surface area contributed by atoms with Crippen LogP contribution in [0.15, 0.2) is 24.3 Å². The van der Waals surface area contributed by atoms with Gasteiger partial charge in [-0.1, -0.05) is 12.1 Å². The molecule has 0 bridgehead atoms. The number of carbonyl (C=O) groups is 1. The summed E-state index contributed by atoms with van der Waals surface area (Å²) in [6.07, 6.45) is 0.309. The molecule has 18 heavy (non-hydrogen) atoms. The van der Waals surface area contributed by atoms with Crippen LogP contribution in [0.1, 0.15) is 32.8 Å². The summed E-state index contributed by atoms with van der Waals surface area (Å²) in [5, 5.41) is 11.4. The lowest BCUT2D eigenvalue weighted by atomic mass is 9.83. The average molecular weight is 245 g/mol. The Labute approximate surface area is 108 Å². The van der Waals surface area contributed by atoms with Crippen LogP contribution in [-0.4, -0.2) is 11.9 Å². The minimum atomic E-state index is -0.641. The molecule has 96 valence electrons. The molecule has 1 unspecified atom stereocenters. The summed E-state index contributed by atoms with van der Waals surface area (Å²) >= 11 is 0. The molecule has 0 aliphatic heterocycles. The van der Waals surface area contributed by atoms with Crippen molar-refractivity contribution in [2.45, 2.75) is 38.6 Å². The molecule has 4 nitrogen and oxygen atoms in total. The molecule has 0 heterocycles. The van der Waals surface area contributed by atoms with Gasteiger partial charge in [0.25, 0.3) is 0 Å². The number of nitrogens with one attached hydrogen (secondary N) is 1. The average Bonchev–Trinajstić information content (AvgIpc) is 2.29. The molecule has 0 saturated carbocycles. The molecule has 0 radical (unpaired) electrons. The number of hydrogen-bond donors (Lipinski definition) is 2. The molecule has 1 aromatic carbocycles. The molecule has 4 heteroatoms. The Bertz CT molecular complexity index is 457. The van der Waals surface area contributed by atoms with E-state index in [1.54, 1.807) is 12.1 Å². The first-order valence-corrected chi connectivity index (χ1v) is 5.92. The molecule has 3 N–H and O–H groups in total. The summed E-state index contributed by atoms with van der Waals surface area (Å²) in [5.41, 5.74) is 6.56. The molecule has 1 aromatic rings. The van der Waals surface area contributed by atoms with E-state index in [1.807, 2.05) is 39.0 Å². The lowest BCUT2D eigenvalue weighted by molar-refractivity contribution is -0.126. The van der Waals surface area contributed by atoms with Crippen molar-refractivity contribution in [3.63, 3.8) is 0 Å². The first-order valence-electron chi connectivity index (χ1n) is 5.92. The minimum absolute atomic E-state index is 0.0879. The molecular formula is C14H19N3O. The fourth-order valence-corrected chi connectivity index (χ4v) is 1.62. The highest BCUT2D eigenvalue weighted by atomic mass is 16.2. The van der Waals surface area contributed by atoms with Crippen LogP contribution in [0.2, 0.25) is 0 Å². The molecule has 1 amide bonds. The molecule has 0 saturated heterocycles. The number of hydrogen-bond acceptors (Lipinski definition) is 3. The van der Waals surface area contributed by atoms with Gasteiger partial charge >= 0.3 is 0 Å². The molecule has 0 spiro atoms. The fourth-order valence-electron chi connectivity index (χ4n) is 1.62. The Morgan fingerprint density at radius 3 is 2.50 bits per heavy atom. The van der Waals surface area contributed by atoms with Crippen LogP contribution in [0.3, 0.4) is 0 Å². The number of nitrogen functional groups attached to an aromatic ring is 1. The van der Waals surface area contributed by atoms with Crippen molar-refractivity contribution in [2.75, 3.05) is 5.73 Å². The third-order valence-corrected chi connectivity index (χ3v) is 2.97. The second-order valence-corrected chi connectivity index (χ2v) is 4.98. The highest BCUT2D eigenvalue weighted by Crippen LogP contribution is 2.24. The summed E-state index contributed by atoms with van der Waals surface area (Å²) < 4.78 is 0. The van der Waals surface area contributed by atoms with Gasteiger partial charge < -0.3 is 11.1 Å². The molecule has 0 aliphatic carbocycles. The summed E-state index contributed by atoms with van der Waals surface area (Å²) in [6.45, 7) is 5.53. The number of carbonyl (C=O) groups excluding carboxylic acids is 1. The van der Waals surface area contributed by atoms with Gasteiger partial charge in [0.05, 0.1) is 17.9 Å². The highest BCUT2D eigenvalue weighted by Gasteiger charge is 2.30. The van der Waals surface area contributed by atoms with Crippen molar-refractivity contribution in [1.82, 2.24) is 5.32 Å². The molecule has 0 aliphatic rings. The van der Waals surface area contributed by atoms with E-state index in [4.69, 9.17) is 11.0 Å². The number of nitriles is 1. The van der Waals surface area contributed by atoms with Crippen molar-refractivity contribution in [2.24, 2.45) is 0 Å². The third kappa shape index (κ3) is 3.24. The Morgan fingerprint density at radius 1 is 1.44 bits per heavy atom. The Hall–Kier alpha value is -2.02. The third-order valence-electron chi connectivity index (χ3n) is 2.97. The van der Waals surface area contributed by atoms with E-state index in [2.05, 4.69) is 5.32 Å². The van der Waals surface area contributed by atoms with Crippen molar-refractivity contribution in [1.29, 1.82) is 5.26 Å². The van der Waals surface area contributed by atoms with Crippen molar-refractivity contribution >= 4 is 11.6 Å². The topological polar surface area (TPSA) is 78.9 Å². The zero-order chi connectivity index (χ0) is 13.8. The summed E-state index contributed by atoms with van der Waals surface area (Å²) in [4.78, 5) is 12.2. The van der Waals surface area contributed by atoms with E-state index >= 15 is 0 Å². The molecule has 0 aromatic heterocycles. The van der Waals surface area contributed by atoms with E-state index in [-0.39, 0.29) is 11.9 Å². The molecule has 1 rings (SSSR count). The van der Waals surface area contributed by atoms with E-state index < -0.39 is 5.41 Å². The Balaban J connectivity index is 2.83. The second kappa shape index (κ2) is 5.54. The van der Waals surface area contributed by atoms with Crippen LogP contribution in [-0.2, 0) is 10.2 Å².